The van der Waals surface area contributed by atoms with E-state index in [-0.39, 0.29) is 11.3 Å². The Hall–Kier alpha value is -2.08. The van der Waals surface area contributed by atoms with Gasteiger partial charge in [0.05, 0.1) is 0 Å². The third-order valence-corrected chi connectivity index (χ3v) is 2.95. The van der Waals surface area contributed by atoms with Crippen molar-refractivity contribution >= 4 is 23.9 Å². The average Bonchev–Trinajstić information content (AvgIpc) is 2.42. The smallest absolute Gasteiger partial charge is 0.298 e. The van der Waals surface area contributed by atoms with Gasteiger partial charge in [0.15, 0.2) is 5.69 Å². The lowest BCUT2D eigenvalue weighted by Crippen LogP contribution is -2.32. The van der Waals surface area contributed by atoms with Crippen LogP contribution in [0.15, 0.2) is 40.3 Å². The van der Waals surface area contributed by atoms with Gasteiger partial charge in [0, 0.05) is 0 Å². The van der Waals surface area contributed by atoms with Crippen molar-refractivity contribution in [1.82, 2.24) is 14.9 Å². The van der Waals surface area contributed by atoms with Gasteiger partial charge in [0.25, 0.3) is 5.56 Å². The Balaban J connectivity index is 2.34. The summed E-state index contributed by atoms with van der Waals surface area (Å²) in [6.45, 7) is 0. The largest absolute Gasteiger partial charge is 0.334 e. The highest BCUT2D eigenvalue weighted by Gasteiger charge is 2.06. The second-order valence-corrected chi connectivity index (χ2v) is 4.26. The lowest BCUT2D eigenvalue weighted by molar-refractivity contribution is 0.695. The number of thioether (sulfide) groups is 1. The fraction of sp³-hybridized carbons (Fsp3) is 0.0833. The van der Waals surface area contributed by atoms with Crippen LogP contribution in [0.2, 0.25) is 0 Å². The number of nitrogen functional groups attached to an aromatic ring is 1. The van der Waals surface area contributed by atoms with Crippen LogP contribution in [0, 0.1) is 0 Å². The van der Waals surface area contributed by atoms with Gasteiger partial charge < -0.3 is 5.84 Å². The van der Waals surface area contributed by atoms with Gasteiger partial charge in [-0.15, -0.1) is 10.2 Å². The van der Waals surface area contributed by atoms with Crippen molar-refractivity contribution in [3.8, 4) is 0 Å². The van der Waals surface area contributed by atoms with Gasteiger partial charge in [-0.1, -0.05) is 48.2 Å². The lowest BCUT2D eigenvalue weighted by atomic mass is 10.2. The minimum atomic E-state index is -0.360. The molecule has 92 valence electrons. The van der Waals surface area contributed by atoms with E-state index in [0.29, 0.717) is 5.16 Å². The van der Waals surface area contributed by atoms with Crippen LogP contribution in [0.4, 0.5) is 0 Å². The molecule has 18 heavy (non-hydrogen) atoms. The van der Waals surface area contributed by atoms with E-state index in [1.807, 2.05) is 30.3 Å². The zero-order valence-electron chi connectivity index (χ0n) is 9.78. The number of rotatable bonds is 3. The molecule has 1 heterocycles. The summed E-state index contributed by atoms with van der Waals surface area (Å²) in [5, 5.41) is 8.11. The van der Waals surface area contributed by atoms with Crippen LogP contribution < -0.4 is 11.4 Å². The summed E-state index contributed by atoms with van der Waals surface area (Å²) in [4.78, 5) is 11.8. The van der Waals surface area contributed by atoms with Gasteiger partial charge in [-0.25, -0.2) is 0 Å². The van der Waals surface area contributed by atoms with Crippen LogP contribution in [0.1, 0.15) is 11.3 Å². The first-order chi connectivity index (χ1) is 8.72. The second-order valence-electron chi connectivity index (χ2n) is 3.49. The van der Waals surface area contributed by atoms with E-state index in [2.05, 4.69) is 10.2 Å². The molecule has 2 N–H and O–H groups in total. The molecule has 0 fully saturated rings. The maximum absolute atomic E-state index is 11.8. The van der Waals surface area contributed by atoms with E-state index in [4.69, 9.17) is 5.84 Å². The molecule has 2 rings (SSSR count). The van der Waals surface area contributed by atoms with E-state index in [1.54, 1.807) is 18.4 Å². The maximum atomic E-state index is 11.8. The van der Waals surface area contributed by atoms with Crippen LogP contribution in [-0.4, -0.2) is 21.1 Å². The third kappa shape index (κ3) is 2.60. The first kappa shape index (κ1) is 12.4. The first-order valence-electron chi connectivity index (χ1n) is 5.24. The van der Waals surface area contributed by atoms with E-state index in [1.165, 1.54) is 11.8 Å². The van der Waals surface area contributed by atoms with Crippen LogP contribution in [-0.2, 0) is 0 Å². The quantitative estimate of drug-likeness (QED) is 0.664. The molecule has 0 bridgehead atoms. The van der Waals surface area contributed by atoms with Crippen molar-refractivity contribution in [2.24, 2.45) is 0 Å². The Bertz CT molecular complexity index is 622. The van der Waals surface area contributed by atoms with Crippen LogP contribution in [0.3, 0.4) is 0 Å². The summed E-state index contributed by atoms with van der Waals surface area (Å²) in [5.74, 6) is 5.61. The molecule has 0 aliphatic rings. The Morgan fingerprint density at radius 1 is 1.22 bits per heavy atom. The molecule has 0 saturated heterocycles. The van der Waals surface area contributed by atoms with Gasteiger partial charge in [-0.05, 0) is 17.9 Å². The maximum Gasteiger partial charge on any atom is 0.298 e. The zero-order valence-corrected chi connectivity index (χ0v) is 10.6. The number of nitrogens with two attached hydrogens (primary N) is 1. The van der Waals surface area contributed by atoms with Gasteiger partial charge in [-0.2, -0.15) is 4.68 Å². The topological polar surface area (TPSA) is 73.8 Å². The summed E-state index contributed by atoms with van der Waals surface area (Å²) < 4.78 is 1.00. The number of benzene rings is 1. The third-order valence-electron chi connectivity index (χ3n) is 2.30. The van der Waals surface area contributed by atoms with Crippen molar-refractivity contribution in [3.05, 3.63) is 51.9 Å². The fourth-order valence-electron chi connectivity index (χ4n) is 1.38. The average molecular weight is 260 g/mol. The lowest BCUT2D eigenvalue weighted by Gasteiger charge is -2.02. The molecule has 0 atom stereocenters. The number of aromatic nitrogens is 3. The minimum absolute atomic E-state index is 0.221. The molecular weight excluding hydrogens is 248 g/mol. The van der Waals surface area contributed by atoms with E-state index < -0.39 is 0 Å². The van der Waals surface area contributed by atoms with Gasteiger partial charge >= 0.3 is 0 Å². The van der Waals surface area contributed by atoms with Gasteiger partial charge in [0.1, 0.15) is 0 Å². The normalized spacial score (nSPS) is 10.9. The summed E-state index contributed by atoms with van der Waals surface area (Å²) >= 11 is 1.27. The van der Waals surface area contributed by atoms with Crippen molar-refractivity contribution in [1.29, 1.82) is 0 Å². The minimum Gasteiger partial charge on any atom is -0.334 e. The zero-order chi connectivity index (χ0) is 13.0. The predicted octanol–water partition coefficient (Wildman–Crippen LogP) is 1.24. The molecule has 0 amide bonds. The molecule has 0 aliphatic carbocycles. The Kier molecular flexibility index (Phi) is 3.78. The standard InChI is InChI=1S/C12H12N4OS/c1-18-12-15-14-10(11(17)16(12)13)8-7-9-5-3-2-4-6-9/h2-8H,13H2,1H3/b8-7+. The van der Waals surface area contributed by atoms with E-state index in [9.17, 15) is 4.79 Å². The number of hydrogen-bond donors (Lipinski definition) is 1. The molecule has 6 heteroatoms. The first-order valence-corrected chi connectivity index (χ1v) is 6.47. The second kappa shape index (κ2) is 5.50. The highest BCUT2D eigenvalue weighted by atomic mass is 32.2. The SMILES string of the molecule is CSc1nnc(/C=C/c2ccccc2)c(=O)n1N. The molecule has 2 aromatic rings. The number of nitrogens with zero attached hydrogens (tertiary/aromatic N) is 3. The Morgan fingerprint density at radius 2 is 1.94 bits per heavy atom. The monoisotopic (exact) mass is 260 g/mol. The van der Waals surface area contributed by atoms with Crippen molar-refractivity contribution in [2.75, 3.05) is 12.1 Å². The van der Waals surface area contributed by atoms with Crippen molar-refractivity contribution < 1.29 is 0 Å². The van der Waals surface area contributed by atoms with Crippen LogP contribution in [0.5, 0.6) is 0 Å². The predicted molar refractivity (Wildman–Crippen MR) is 73.6 cm³/mol. The van der Waals surface area contributed by atoms with Gasteiger partial charge in [0.2, 0.25) is 5.16 Å². The highest BCUT2D eigenvalue weighted by Crippen LogP contribution is 2.06. The summed E-state index contributed by atoms with van der Waals surface area (Å²) in [6, 6.07) is 9.63. The van der Waals surface area contributed by atoms with Crippen LogP contribution in [0.25, 0.3) is 12.2 Å². The Morgan fingerprint density at radius 3 is 2.61 bits per heavy atom. The molecular formula is C12H12N4OS. The van der Waals surface area contributed by atoms with Crippen molar-refractivity contribution in [2.45, 2.75) is 5.16 Å². The molecule has 0 spiro atoms. The molecule has 0 aliphatic heterocycles. The van der Waals surface area contributed by atoms with E-state index >= 15 is 0 Å². The summed E-state index contributed by atoms with van der Waals surface area (Å²) in [7, 11) is 0. The van der Waals surface area contributed by atoms with Gasteiger partial charge in [-0.3, -0.25) is 4.79 Å². The molecule has 0 saturated carbocycles. The molecule has 0 radical (unpaired) electrons. The molecule has 0 unspecified atom stereocenters. The fourth-order valence-corrected chi connectivity index (χ4v) is 1.78. The summed E-state index contributed by atoms with van der Waals surface area (Å²) in [6.07, 6.45) is 5.19. The van der Waals surface area contributed by atoms with Crippen LogP contribution >= 0.6 is 11.8 Å². The Labute approximate surface area is 108 Å². The number of hydrogen-bond acceptors (Lipinski definition) is 5. The molecule has 1 aromatic carbocycles. The summed E-state index contributed by atoms with van der Waals surface area (Å²) in [5.41, 5.74) is 0.844. The molecule has 5 nitrogen and oxygen atoms in total. The molecule has 1 aromatic heterocycles. The van der Waals surface area contributed by atoms with E-state index in [0.717, 1.165) is 10.2 Å². The highest BCUT2D eigenvalue weighted by molar-refractivity contribution is 7.98. The van der Waals surface area contributed by atoms with Crippen molar-refractivity contribution in [3.63, 3.8) is 0 Å².